The molecule has 1 fully saturated rings. The molecule has 0 amide bonds. The van der Waals surface area contributed by atoms with Crippen LogP contribution < -0.4 is 0 Å². The molecule has 0 spiro atoms. The summed E-state index contributed by atoms with van der Waals surface area (Å²) in [4.78, 5) is 13.3. The molecule has 1 aliphatic heterocycles. The van der Waals surface area contributed by atoms with E-state index in [-0.39, 0.29) is 0 Å². The van der Waals surface area contributed by atoms with Gasteiger partial charge in [0.2, 0.25) is 0 Å². The van der Waals surface area contributed by atoms with Gasteiger partial charge in [0, 0.05) is 23.7 Å². The van der Waals surface area contributed by atoms with E-state index in [0.29, 0.717) is 31.3 Å². The van der Waals surface area contributed by atoms with E-state index in [1.807, 2.05) is 41.3 Å². The summed E-state index contributed by atoms with van der Waals surface area (Å²) < 4.78 is 11.3. The van der Waals surface area contributed by atoms with E-state index in [9.17, 15) is 9.90 Å². The van der Waals surface area contributed by atoms with E-state index in [1.165, 1.54) is 0 Å². The lowest BCUT2D eigenvalue weighted by Gasteiger charge is -2.37. The maximum Gasteiger partial charge on any atom is 0.337 e. The highest BCUT2D eigenvalue weighted by Gasteiger charge is 2.39. The van der Waals surface area contributed by atoms with Crippen LogP contribution in [0.5, 0.6) is 0 Å². The maximum atomic E-state index is 11.3. The molecule has 1 aliphatic rings. The Hall–Kier alpha value is -1.82. The molecule has 1 N–H and O–H groups in total. The second kappa shape index (κ2) is 6.35. The Morgan fingerprint density at radius 2 is 2.04 bits per heavy atom. The number of carboxylic acids is 1. The normalized spacial score (nSPS) is 22.2. The van der Waals surface area contributed by atoms with Crippen molar-refractivity contribution in [2.75, 3.05) is 19.7 Å². The Labute approximate surface area is 139 Å². The Bertz CT molecular complexity index is 697. The van der Waals surface area contributed by atoms with Crippen LogP contribution in [-0.2, 0) is 16.1 Å². The van der Waals surface area contributed by atoms with Crippen LogP contribution >= 0.6 is 11.6 Å². The summed E-state index contributed by atoms with van der Waals surface area (Å²) in [5.74, 6) is 0.624. The van der Waals surface area contributed by atoms with Crippen LogP contribution in [0.15, 0.2) is 40.8 Å². The van der Waals surface area contributed by atoms with Crippen molar-refractivity contribution in [2.45, 2.75) is 19.1 Å². The first kappa shape index (κ1) is 16.1. The number of carbonyl (C=O) groups is 1. The predicted molar refractivity (Wildman–Crippen MR) is 86.4 cm³/mol. The SMILES string of the molecule is CC1(C(=O)O)CN(Cc2ccc(-c3ccc(Cl)cc3)o2)CCO1. The van der Waals surface area contributed by atoms with Gasteiger partial charge >= 0.3 is 5.97 Å². The lowest BCUT2D eigenvalue weighted by molar-refractivity contribution is -0.175. The molecule has 1 saturated heterocycles. The van der Waals surface area contributed by atoms with E-state index >= 15 is 0 Å². The molecule has 0 aliphatic carbocycles. The number of carboxylic acid groups (broad SMARTS) is 1. The fourth-order valence-corrected chi connectivity index (χ4v) is 2.79. The summed E-state index contributed by atoms with van der Waals surface area (Å²) in [6.45, 7) is 3.56. The number of aliphatic carboxylic acids is 1. The second-order valence-corrected chi connectivity index (χ2v) is 6.30. The van der Waals surface area contributed by atoms with Gasteiger partial charge in [-0.3, -0.25) is 4.90 Å². The average Bonchev–Trinajstić information content (AvgIpc) is 2.96. The van der Waals surface area contributed by atoms with Crippen LogP contribution in [0, 0.1) is 0 Å². The number of furan rings is 1. The summed E-state index contributed by atoms with van der Waals surface area (Å²) in [5, 5.41) is 9.95. The topological polar surface area (TPSA) is 62.9 Å². The number of morpholine rings is 1. The first-order valence-electron chi connectivity index (χ1n) is 7.41. The van der Waals surface area contributed by atoms with E-state index in [2.05, 4.69) is 0 Å². The Balaban J connectivity index is 1.69. The molecule has 2 heterocycles. The van der Waals surface area contributed by atoms with Crippen molar-refractivity contribution in [1.29, 1.82) is 0 Å². The van der Waals surface area contributed by atoms with Gasteiger partial charge in [0.1, 0.15) is 11.5 Å². The molecule has 122 valence electrons. The van der Waals surface area contributed by atoms with E-state index in [1.54, 1.807) is 6.92 Å². The number of rotatable bonds is 4. The van der Waals surface area contributed by atoms with Crippen molar-refractivity contribution in [3.05, 3.63) is 47.2 Å². The monoisotopic (exact) mass is 335 g/mol. The molecular formula is C17H18ClNO4. The lowest BCUT2D eigenvalue weighted by Crippen LogP contribution is -2.54. The summed E-state index contributed by atoms with van der Waals surface area (Å²) >= 11 is 5.89. The average molecular weight is 336 g/mol. The summed E-state index contributed by atoms with van der Waals surface area (Å²) in [6, 6.07) is 11.3. The number of nitrogens with zero attached hydrogens (tertiary/aromatic N) is 1. The molecule has 1 aromatic heterocycles. The van der Waals surface area contributed by atoms with E-state index in [0.717, 1.165) is 17.1 Å². The minimum absolute atomic E-state index is 0.333. The molecule has 1 unspecified atom stereocenters. The van der Waals surface area contributed by atoms with Crippen LogP contribution in [-0.4, -0.2) is 41.3 Å². The first-order chi connectivity index (χ1) is 11.0. The van der Waals surface area contributed by atoms with Gasteiger partial charge in [-0.1, -0.05) is 11.6 Å². The zero-order valence-corrected chi connectivity index (χ0v) is 13.5. The molecule has 6 heteroatoms. The number of ether oxygens (including phenoxy) is 1. The first-order valence-corrected chi connectivity index (χ1v) is 7.78. The standard InChI is InChI=1S/C17H18ClNO4/c1-17(16(20)21)11-19(8-9-22-17)10-14-6-7-15(23-14)12-2-4-13(18)5-3-12/h2-7H,8-11H2,1H3,(H,20,21). The largest absolute Gasteiger partial charge is 0.479 e. The highest BCUT2D eigenvalue weighted by Crippen LogP contribution is 2.25. The Kier molecular flexibility index (Phi) is 4.43. The van der Waals surface area contributed by atoms with Crippen molar-refractivity contribution in [1.82, 2.24) is 4.90 Å². The van der Waals surface area contributed by atoms with Gasteiger partial charge in [0.15, 0.2) is 5.60 Å². The summed E-state index contributed by atoms with van der Waals surface area (Å²) in [5.41, 5.74) is -0.206. The van der Waals surface area contributed by atoms with Gasteiger partial charge < -0.3 is 14.3 Å². The third kappa shape index (κ3) is 3.58. The van der Waals surface area contributed by atoms with Gasteiger partial charge in [-0.15, -0.1) is 0 Å². The molecule has 23 heavy (non-hydrogen) atoms. The molecule has 0 radical (unpaired) electrons. The van der Waals surface area contributed by atoms with Crippen LogP contribution in [0.1, 0.15) is 12.7 Å². The zero-order chi connectivity index (χ0) is 16.4. The Morgan fingerprint density at radius 1 is 1.30 bits per heavy atom. The second-order valence-electron chi connectivity index (χ2n) is 5.87. The highest BCUT2D eigenvalue weighted by molar-refractivity contribution is 6.30. The van der Waals surface area contributed by atoms with Crippen LogP contribution in [0.25, 0.3) is 11.3 Å². The van der Waals surface area contributed by atoms with Gasteiger partial charge in [-0.2, -0.15) is 0 Å². The minimum Gasteiger partial charge on any atom is -0.479 e. The number of halogens is 1. The smallest absolute Gasteiger partial charge is 0.337 e. The molecule has 3 rings (SSSR count). The van der Waals surface area contributed by atoms with Crippen LogP contribution in [0.3, 0.4) is 0 Å². The van der Waals surface area contributed by atoms with E-state index in [4.69, 9.17) is 20.8 Å². The Morgan fingerprint density at radius 3 is 2.74 bits per heavy atom. The van der Waals surface area contributed by atoms with E-state index < -0.39 is 11.6 Å². The summed E-state index contributed by atoms with van der Waals surface area (Å²) in [6.07, 6.45) is 0. The molecule has 1 aromatic carbocycles. The molecule has 0 saturated carbocycles. The van der Waals surface area contributed by atoms with Gasteiger partial charge in [-0.05, 0) is 43.3 Å². The number of hydrogen-bond acceptors (Lipinski definition) is 4. The van der Waals surface area contributed by atoms with Gasteiger partial charge in [0.25, 0.3) is 0 Å². The molecule has 1 atom stereocenters. The molecular weight excluding hydrogens is 318 g/mol. The van der Waals surface area contributed by atoms with Crippen molar-refractivity contribution in [3.63, 3.8) is 0 Å². The van der Waals surface area contributed by atoms with Crippen molar-refractivity contribution >= 4 is 17.6 Å². The quantitative estimate of drug-likeness (QED) is 0.929. The van der Waals surface area contributed by atoms with Crippen molar-refractivity contribution in [3.8, 4) is 11.3 Å². The summed E-state index contributed by atoms with van der Waals surface area (Å²) in [7, 11) is 0. The maximum absolute atomic E-state index is 11.3. The third-order valence-corrected chi connectivity index (χ3v) is 4.23. The highest BCUT2D eigenvalue weighted by atomic mass is 35.5. The molecule has 0 bridgehead atoms. The fraction of sp³-hybridized carbons (Fsp3) is 0.353. The van der Waals surface area contributed by atoms with Crippen molar-refractivity contribution in [2.24, 2.45) is 0 Å². The number of benzene rings is 1. The number of hydrogen-bond donors (Lipinski definition) is 1. The molecule has 2 aromatic rings. The van der Waals surface area contributed by atoms with Crippen LogP contribution in [0.4, 0.5) is 0 Å². The lowest BCUT2D eigenvalue weighted by atomic mass is 10.0. The third-order valence-electron chi connectivity index (χ3n) is 3.98. The fourth-order valence-electron chi connectivity index (χ4n) is 2.67. The zero-order valence-electron chi connectivity index (χ0n) is 12.8. The minimum atomic E-state index is -1.16. The van der Waals surface area contributed by atoms with Crippen molar-refractivity contribution < 1.29 is 19.1 Å². The van der Waals surface area contributed by atoms with Crippen LogP contribution in [0.2, 0.25) is 5.02 Å². The van der Waals surface area contributed by atoms with Gasteiger partial charge in [0.05, 0.1) is 13.2 Å². The van der Waals surface area contributed by atoms with Gasteiger partial charge in [-0.25, -0.2) is 4.79 Å². The molecule has 5 nitrogen and oxygen atoms in total. The predicted octanol–water partition coefficient (Wildman–Crippen LogP) is 3.28.